The summed E-state index contributed by atoms with van der Waals surface area (Å²) in [4.78, 5) is 21.5. The largest absolute Gasteiger partial charge is 0.493 e. The lowest BCUT2D eigenvalue weighted by molar-refractivity contribution is -0.131. The van der Waals surface area contributed by atoms with Crippen LogP contribution in [0.25, 0.3) is 11.8 Å². The van der Waals surface area contributed by atoms with Gasteiger partial charge < -0.3 is 19.7 Å². The van der Waals surface area contributed by atoms with E-state index in [4.69, 9.17) is 19.7 Å². The van der Waals surface area contributed by atoms with Crippen molar-refractivity contribution in [1.29, 1.82) is 0 Å². The molecule has 0 saturated heterocycles. The SMILES string of the molecule is COc1cc(/C=C/C(=O)O)ccc1OCc1cn(-c2ccc(C(=O)O)cc2)nn1. The molecule has 0 saturated carbocycles. The third-order valence-corrected chi connectivity index (χ3v) is 3.90. The lowest BCUT2D eigenvalue weighted by Crippen LogP contribution is -1.99. The number of methoxy groups -OCH3 is 1. The number of benzene rings is 2. The van der Waals surface area contributed by atoms with E-state index in [1.807, 2.05) is 0 Å². The minimum Gasteiger partial charge on any atom is -0.493 e. The van der Waals surface area contributed by atoms with Crippen LogP contribution in [0.3, 0.4) is 0 Å². The average molecular weight is 395 g/mol. The molecule has 1 aromatic heterocycles. The Labute approximate surface area is 165 Å². The van der Waals surface area contributed by atoms with Crippen LogP contribution in [-0.4, -0.2) is 44.3 Å². The molecule has 9 nitrogen and oxygen atoms in total. The van der Waals surface area contributed by atoms with E-state index in [0.717, 1.165) is 6.08 Å². The van der Waals surface area contributed by atoms with E-state index in [-0.39, 0.29) is 12.2 Å². The molecule has 0 aliphatic carbocycles. The quantitative estimate of drug-likeness (QED) is 0.558. The van der Waals surface area contributed by atoms with Crippen LogP contribution >= 0.6 is 0 Å². The molecular weight excluding hydrogens is 378 g/mol. The summed E-state index contributed by atoms with van der Waals surface area (Å²) in [5.41, 5.74) is 2.07. The summed E-state index contributed by atoms with van der Waals surface area (Å²) in [6.45, 7) is 0.133. The minimum atomic E-state index is -1.04. The molecule has 9 heteroatoms. The highest BCUT2D eigenvalue weighted by Gasteiger charge is 2.09. The number of rotatable bonds is 8. The zero-order valence-electron chi connectivity index (χ0n) is 15.3. The van der Waals surface area contributed by atoms with Gasteiger partial charge in [0.05, 0.1) is 24.6 Å². The Hall–Kier alpha value is -4.14. The number of hydrogen-bond donors (Lipinski definition) is 2. The van der Waals surface area contributed by atoms with Crippen LogP contribution in [0.5, 0.6) is 11.5 Å². The Balaban J connectivity index is 1.69. The van der Waals surface area contributed by atoms with E-state index in [0.29, 0.717) is 28.4 Å². The van der Waals surface area contributed by atoms with Gasteiger partial charge in [-0.05, 0) is 48.0 Å². The number of nitrogens with zero attached hydrogens (tertiary/aromatic N) is 3. The summed E-state index contributed by atoms with van der Waals surface area (Å²) in [6, 6.07) is 11.3. The number of aromatic carboxylic acids is 1. The van der Waals surface area contributed by atoms with Gasteiger partial charge in [0.1, 0.15) is 12.3 Å². The average Bonchev–Trinajstić information content (AvgIpc) is 3.20. The molecule has 0 unspecified atom stereocenters. The summed E-state index contributed by atoms with van der Waals surface area (Å²) in [5, 5.41) is 25.7. The normalized spacial score (nSPS) is 10.8. The van der Waals surface area contributed by atoms with E-state index in [1.54, 1.807) is 36.5 Å². The van der Waals surface area contributed by atoms with E-state index < -0.39 is 11.9 Å². The van der Waals surface area contributed by atoms with Gasteiger partial charge in [0.2, 0.25) is 0 Å². The summed E-state index contributed by atoms with van der Waals surface area (Å²) < 4.78 is 12.5. The van der Waals surface area contributed by atoms with Gasteiger partial charge in [-0.2, -0.15) is 0 Å². The summed E-state index contributed by atoms with van der Waals surface area (Å²) in [7, 11) is 1.49. The highest BCUT2D eigenvalue weighted by atomic mass is 16.5. The molecule has 0 aliphatic rings. The predicted molar refractivity (Wildman–Crippen MR) is 102 cm³/mol. The number of aliphatic carboxylic acids is 1. The van der Waals surface area contributed by atoms with Crippen molar-refractivity contribution in [3.8, 4) is 17.2 Å². The zero-order chi connectivity index (χ0) is 20.8. The summed E-state index contributed by atoms with van der Waals surface area (Å²) >= 11 is 0. The molecule has 0 amide bonds. The van der Waals surface area contributed by atoms with Crippen LogP contribution < -0.4 is 9.47 Å². The number of ether oxygens (including phenoxy) is 2. The summed E-state index contributed by atoms with van der Waals surface area (Å²) in [6.07, 6.45) is 4.17. The zero-order valence-corrected chi connectivity index (χ0v) is 15.3. The molecule has 1 heterocycles. The number of aromatic nitrogens is 3. The third-order valence-electron chi connectivity index (χ3n) is 3.90. The number of carboxylic acid groups (broad SMARTS) is 2. The van der Waals surface area contributed by atoms with Crippen molar-refractivity contribution in [1.82, 2.24) is 15.0 Å². The fourth-order valence-corrected chi connectivity index (χ4v) is 2.47. The first-order valence-electron chi connectivity index (χ1n) is 8.43. The molecule has 148 valence electrons. The minimum absolute atomic E-state index is 0.133. The van der Waals surface area contributed by atoms with Crippen molar-refractivity contribution in [2.24, 2.45) is 0 Å². The maximum atomic E-state index is 10.9. The van der Waals surface area contributed by atoms with Gasteiger partial charge in [-0.15, -0.1) is 5.10 Å². The lowest BCUT2D eigenvalue weighted by Gasteiger charge is -2.10. The van der Waals surface area contributed by atoms with Crippen molar-refractivity contribution in [3.05, 3.63) is 71.6 Å². The number of carbonyl (C=O) groups is 2. The van der Waals surface area contributed by atoms with E-state index in [9.17, 15) is 9.59 Å². The third kappa shape index (κ3) is 4.98. The topological polar surface area (TPSA) is 124 Å². The number of carboxylic acids is 2. The highest BCUT2D eigenvalue weighted by Crippen LogP contribution is 2.29. The van der Waals surface area contributed by atoms with Crippen LogP contribution in [0.1, 0.15) is 21.6 Å². The van der Waals surface area contributed by atoms with Crippen LogP contribution in [-0.2, 0) is 11.4 Å². The molecule has 0 bridgehead atoms. The van der Waals surface area contributed by atoms with Gasteiger partial charge in [0.25, 0.3) is 0 Å². The smallest absolute Gasteiger partial charge is 0.335 e. The second-order valence-corrected chi connectivity index (χ2v) is 5.88. The van der Waals surface area contributed by atoms with Gasteiger partial charge in [-0.25, -0.2) is 14.3 Å². The molecule has 2 aromatic carbocycles. The molecule has 0 atom stereocenters. The number of hydrogen-bond acceptors (Lipinski definition) is 6. The molecule has 0 aliphatic heterocycles. The standard InChI is InChI=1S/C20H17N3O6/c1-28-18-10-13(3-9-19(24)25)2-8-17(18)29-12-15-11-23(22-21-15)16-6-4-14(5-7-16)20(26)27/h2-11H,12H2,1H3,(H,24,25)(H,26,27)/b9-3+. The predicted octanol–water partition coefficient (Wildman–Crippen LogP) is 2.65. The molecular formula is C20H17N3O6. The Bertz CT molecular complexity index is 1060. The Morgan fingerprint density at radius 2 is 1.86 bits per heavy atom. The molecule has 0 fully saturated rings. The van der Waals surface area contributed by atoms with Crippen molar-refractivity contribution >= 4 is 18.0 Å². The van der Waals surface area contributed by atoms with Gasteiger partial charge >= 0.3 is 11.9 Å². The molecule has 0 radical (unpaired) electrons. The van der Waals surface area contributed by atoms with Crippen molar-refractivity contribution < 1.29 is 29.3 Å². The fraction of sp³-hybridized carbons (Fsp3) is 0.100. The van der Waals surface area contributed by atoms with Crippen LogP contribution in [0.15, 0.2) is 54.7 Å². The van der Waals surface area contributed by atoms with Gasteiger partial charge in [-0.3, -0.25) is 0 Å². The molecule has 0 spiro atoms. The molecule has 2 N–H and O–H groups in total. The van der Waals surface area contributed by atoms with E-state index in [2.05, 4.69) is 10.3 Å². The Morgan fingerprint density at radius 3 is 2.52 bits per heavy atom. The summed E-state index contributed by atoms with van der Waals surface area (Å²) in [5.74, 6) is -1.11. The second kappa shape index (κ2) is 8.70. The van der Waals surface area contributed by atoms with Gasteiger partial charge in [-0.1, -0.05) is 11.3 Å². The molecule has 3 aromatic rings. The van der Waals surface area contributed by atoms with Gasteiger partial charge in [0.15, 0.2) is 11.5 Å². The Kier molecular flexibility index (Phi) is 5.88. The maximum absolute atomic E-state index is 10.9. The van der Waals surface area contributed by atoms with Crippen molar-refractivity contribution in [2.75, 3.05) is 7.11 Å². The van der Waals surface area contributed by atoms with E-state index in [1.165, 1.54) is 30.0 Å². The van der Waals surface area contributed by atoms with Crippen LogP contribution in [0.2, 0.25) is 0 Å². The van der Waals surface area contributed by atoms with Gasteiger partial charge in [0, 0.05) is 6.08 Å². The first-order chi connectivity index (χ1) is 14.0. The lowest BCUT2D eigenvalue weighted by atomic mass is 10.2. The maximum Gasteiger partial charge on any atom is 0.335 e. The van der Waals surface area contributed by atoms with Crippen LogP contribution in [0.4, 0.5) is 0 Å². The Morgan fingerprint density at radius 1 is 1.10 bits per heavy atom. The van der Waals surface area contributed by atoms with Crippen LogP contribution in [0, 0.1) is 0 Å². The highest BCUT2D eigenvalue weighted by molar-refractivity contribution is 5.87. The molecule has 3 rings (SSSR count). The fourth-order valence-electron chi connectivity index (χ4n) is 2.47. The first-order valence-corrected chi connectivity index (χ1v) is 8.43. The molecule has 29 heavy (non-hydrogen) atoms. The monoisotopic (exact) mass is 395 g/mol. The van der Waals surface area contributed by atoms with E-state index >= 15 is 0 Å². The first kappa shape index (κ1) is 19.6. The van der Waals surface area contributed by atoms with Crippen molar-refractivity contribution in [2.45, 2.75) is 6.61 Å². The van der Waals surface area contributed by atoms with Crippen molar-refractivity contribution in [3.63, 3.8) is 0 Å². The second-order valence-electron chi connectivity index (χ2n) is 5.88.